The first-order valence-electron chi connectivity index (χ1n) is 13.4. The lowest BCUT2D eigenvalue weighted by molar-refractivity contribution is -0.139. The van der Waals surface area contributed by atoms with Crippen LogP contribution in [0.3, 0.4) is 0 Å². The van der Waals surface area contributed by atoms with Gasteiger partial charge in [0.05, 0.1) is 24.8 Å². The summed E-state index contributed by atoms with van der Waals surface area (Å²) in [7, 11) is -1.21. The van der Waals surface area contributed by atoms with E-state index in [-0.39, 0.29) is 34.7 Å². The van der Waals surface area contributed by atoms with Crippen molar-refractivity contribution in [1.82, 2.24) is 10.2 Å². The molecule has 220 valence electrons. The van der Waals surface area contributed by atoms with Gasteiger partial charge in [-0.2, -0.15) is 0 Å². The zero-order valence-corrected chi connectivity index (χ0v) is 25.3. The number of para-hydroxylation sites is 2. The Bertz CT molecular complexity index is 1440. The predicted molar refractivity (Wildman–Crippen MR) is 160 cm³/mol. The Morgan fingerprint density at radius 3 is 2.22 bits per heavy atom. The fourth-order valence-electron chi connectivity index (χ4n) is 4.19. The average molecular weight is 582 g/mol. The minimum Gasteiger partial charge on any atom is -0.497 e. The number of rotatable bonds is 13. The largest absolute Gasteiger partial charge is 0.497 e. The molecule has 0 aliphatic heterocycles. The molecule has 3 aromatic carbocycles. The zero-order valence-electron chi connectivity index (χ0n) is 24.5. The van der Waals surface area contributed by atoms with E-state index in [0.29, 0.717) is 12.3 Å². The van der Waals surface area contributed by atoms with Gasteiger partial charge in [0.1, 0.15) is 24.1 Å². The molecule has 0 fully saturated rings. The molecule has 3 aromatic rings. The molecule has 0 saturated heterocycles. The molecule has 0 heterocycles. The number of anilines is 1. The van der Waals surface area contributed by atoms with Crippen molar-refractivity contribution in [3.63, 3.8) is 0 Å². The number of carbonyl (C=O) groups is 2. The molecule has 0 aromatic heterocycles. The summed E-state index contributed by atoms with van der Waals surface area (Å²) in [6, 6.07) is 19.3. The average Bonchev–Trinajstić information content (AvgIpc) is 2.97. The summed E-state index contributed by atoms with van der Waals surface area (Å²) in [4.78, 5) is 28.6. The van der Waals surface area contributed by atoms with Gasteiger partial charge in [-0.15, -0.1) is 0 Å². The van der Waals surface area contributed by atoms with Gasteiger partial charge < -0.3 is 19.7 Å². The van der Waals surface area contributed by atoms with E-state index in [9.17, 15) is 18.0 Å². The Kier molecular flexibility index (Phi) is 10.8. The van der Waals surface area contributed by atoms with E-state index in [4.69, 9.17) is 9.47 Å². The number of hydrogen-bond donors (Lipinski definition) is 1. The van der Waals surface area contributed by atoms with E-state index in [1.807, 2.05) is 26.8 Å². The molecular formula is C31H39N3O6S. The molecular weight excluding hydrogens is 542 g/mol. The summed E-state index contributed by atoms with van der Waals surface area (Å²) in [5, 5.41) is 2.88. The quantitative estimate of drug-likeness (QED) is 0.321. The molecule has 0 saturated carbocycles. The highest BCUT2D eigenvalue weighted by Gasteiger charge is 2.33. The number of nitrogens with zero attached hydrogens (tertiary/aromatic N) is 2. The highest BCUT2D eigenvalue weighted by molar-refractivity contribution is 7.92. The second-order valence-electron chi connectivity index (χ2n) is 10.2. The summed E-state index contributed by atoms with van der Waals surface area (Å²) >= 11 is 0. The minimum atomic E-state index is -4.20. The van der Waals surface area contributed by atoms with E-state index in [2.05, 4.69) is 5.32 Å². The van der Waals surface area contributed by atoms with Gasteiger partial charge >= 0.3 is 0 Å². The molecule has 0 spiro atoms. The second kappa shape index (κ2) is 14.0. The van der Waals surface area contributed by atoms with Crippen molar-refractivity contribution >= 4 is 27.5 Å². The molecule has 1 N–H and O–H groups in total. The van der Waals surface area contributed by atoms with Crippen LogP contribution in [0, 0.1) is 12.8 Å². The van der Waals surface area contributed by atoms with Gasteiger partial charge in [0.25, 0.3) is 10.0 Å². The molecule has 0 aliphatic carbocycles. The maximum atomic E-state index is 14.1. The number of amides is 2. The Hall–Kier alpha value is -4.05. The van der Waals surface area contributed by atoms with Crippen LogP contribution in [0.25, 0.3) is 0 Å². The van der Waals surface area contributed by atoms with Crippen molar-refractivity contribution < 1.29 is 27.5 Å². The Balaban J connectivity index is 2.06. The SMILES string of the molecule is COc1cccc(CN(C(=O)CN(c2ccccc2OC)S(=O)(=O)c2ccc(C)cc2)[C@@H](C)C(=O)NCC(C)C)c1. The van der Waals surface area contributed by atoms with Crippen molar-refractivity contribution in [1.29, 1.82) is 0 Å². The predicted octanol–water partition coefficient (Wildman–Crippen LogP) is 4.40. The summed E-state index contributed by atoms with van der Waals surface area (Å²) in [6.07, 6.45) is 0. The highest BCUT2D eigenvalue weighted by Crippen LogP contribution is 2.32. The fraction of sp³-hybridized carbons (Fsp3) is 0.355. The Labute approximate surface area is 243 Å². The van der Waals surface area contributed by atoms with Gasteiger partial charge in [-0.3, -0.25) is 13.9 Å². The van der Waals surface area contributed by atoms with E-state index >= 15 is 0 Å². The normalized spacial score (nSPS) is 12.0. The number of ether oxygens (including phenoxy) is 2. The third-order valence-corrected chi connectivity index (χ3v) is 8.35. The lowest BCUT2D eigenvalue weighted by Gasteiger charge is -2.32. The molecule has 41 heavy (non-hydrogen) atoms. The van der Waals surface area contributed by atoms with Crippen molar-refractivity contribution in [2.45, 2.75) is 45.2 Å². The van der Waals surface area contributed by atoms with Crippen LogP contribution in [0.5, 0.6) is 11.5 Å². The van der Waals surface area contributed by atoms with Crippen molar-refractivity contribution in [2.75, 3.05) is 31.6 Å². The van der Waals surface area contributed by atoms with Crippen LogP contribution in [0.1, 0.15) is 31.9 Å². The van der Waals surface area contributed by atoms with Crippen molar-refractivity contribution in [3.8, 4) is 11.5 Å². The first-order valence-corrected chi connectivity index (χ1v) is 14.8. The standard InChI is InChI=1S/C31H39N3O6S/c1-22(2)19-32-31(36)24(4)33(20-25-10-9-11-26(18-25)39-5)30(35)21-34(28-12-7-8-13-29(28)40-6)41(37,38)27-16-14-23(3)15-17-27/h7-18,22,24H,19-21H2,1-6H3,(H,32,36)/t24-/m0/s1. The lowest BCUT2D eigenvalue weighted by Crippen LogP contribution is -2.51. The molecule has 1 atom stereocenters. The fourth-order valence-corrected chi connectivity index (χ4v) is 5.61. The third-order valence-electron chi connectivity index (χ3n) is 6.58. The van der Waals surface area contributed by atoms with Crippen LogP contribution in [0.4, 0.5) is 5.69 Å². The number of sulfonamides is 1. The summed E-state index contributed by atoms with van der Waals surface area (Å²) in [6.45, 7) is 7.41. The van der Waals surface area contributed by atoms with E-state index in [1.165, 1.54) is 24.1 Å². The first-order chi connectivity index (χ1) is 19.5. The summed E-state index contributed by atoms with van der Waals surface area (Å²) in [5.74, 6) is 0.221. The number of benzene rings is 3. The molecule has 2 amide bonds. The topological polar surface area (TPSA) is 105 Å². The zero-order chi connectivity index (χ0) is 30.2. The van der Waals surface area contributed by atoms with Crippen molar-refractivity contribution in [3.05, 3.63) is 83.9 Å². The van der Waals surface area contributed by atoms with Crippen LogP contribution in [0.2, 0.25) is 0 Å². The van der Waals surface area contributed by atoms with E-state index < -0.39 is 28.5 Å². The summed E-state index contributed by atoms with van der Waals surface area (Å²) in [5.41, 5.74) is 1.84. The first kappa shape index (κ1) is 31.5. The van der Waals surface area contributed by atoms with Crippen LogP contribution < -0.4 is 19.1 Å². The second-order valence-corrected chi connectivity index (χ2v) is 12.0. The van der Waals surface area contributed by atoms with E-state index in [1.54, 1.807) is 68.6 Å². The number of carbonyl (C=O) groups excluding carboxylic acids is 2. The van der Waals surface area contributed by atoms with Crippen LogP contribution in [-0.2, 0) is 26.2 Å². The number of hydrogen-bond acceptors (Lipinski definition) is 6. The third kappa shape index (κ3) is 8.00. The smallest absolute Gasteiger partial charge is 0.264 e. The molecule has 0 radical (unpaired) electrons. The van der Waals surface area contributed by atoms with Gasteiger partial charge in [-0.1, -0.05) is 55.8 Å². The lowest BCUT2D eigenvalue weighted by atomic mass is 10.1. The maximum absolute atomic E-state index is 14.1. The van der Waals surface area contributed by atoms with Gasteiger partial charge in [-0.05, 0) is 61.7 Å². The minimum absolute atomic E-state index is 0.0314. The molecule has 9 nitrogen and oxygen atoms in total. The van der Waals surface area contributed by atoms with Gasteiger partial charge in [0.2, 0.25) is 11.8 Å². The Morgan fingerprint density at radius 2 is 1.59 bits per heavy atom. The molecule has 0 bridgehead atoms. The summed E-state index contributed by atoms with van der Waals surface area (Å²) < 4.78 is 39.8. The van der Waals surface area contributed by atoms with Gasteiger partial charge in [-0.25, -0.2) is 8.42 Å². The van der Waals surface area contributed by atoms with Crippen LogP contribution in [0.15, 0.2) is 77.7 Å². The molecule has 10 heteroatoms. The monoisotopic (exact) mass is 581 g/mol. The number of nitrogens with one attached hydrogen (secondary N) is 1. The van der Waals surface area contributed by atoms with Crippen LogP contribution in [-0.4, -0.2) is 58.5 Å². The highest BCUT2D eigenvalue weighted by atomic mass is 32.2. The van der Waals surface area contributed by atoms with Crippen LogP contribution >= 0.6 is 0 Å². The molecule has 3 rings (SSSR count). The maximum Gasteiger partial charge on any atom is 0.264 e. The number of methoxy groups -OCH3 is 2. The molecule has 0 unspecified atom stereocenters. The van der Waals surface area contributed by atoms with Crippen molar-refractivity contribution in [2.24, 2.45) is 5.92 Å². The van der Waals surface area contributed by atoms with Gasteiger partial charge in [0, 0.05) is 13.1 Å². The van der Waals surface area contributed by atoms with Gasteiger partial charge in [0.15, 0.2) is 0 Å². The Morgan fingerprint density at radius 1 is 0.902 bits per heavy atom. The number of aryl methyl sites for hydroxylation is 1. The van der Waals surface area contributed by atoms with E-state index in [0.717, 1.165) is 15.4 Å². The molecule has 0 aliphatic rings.